The average Bonchev–Trinajstić information content (AvgIpc) is 2.56. The molecule has 0 saturated carbocycles. The first-order chi connectivity index (χ1) is 11.1. The highest BCUT2D eigenvalue weighted by Gasteiger charge is 2.20. The minimum Gasteiger partial charge on any atom is -0.504 e. The molecule has 0 amide bonds. The zero-order chi connectivity index (χ0) is 16.6. The van der Waals surface area contributed by atoms with Crippen LogP contribution >= 0.6 is 0 Å². The molecular weight excluding hydrogens is 299 g/mol. The Hall–Kier alpha value is -2.95. The lowest BCUT2D eigenvalue weighted by Crippen LogP contribution is -1.92. The Kier molecular flexibility index (Phi) is 3.70. The maximum atomic E-state index is 13.9. The van der Waals surface area contributed by atoms with Gasteiger partial charge in [-0.15, -0.1) is 0 Å². The number of fused-ring (bicyclic) bond motifs is 1. The Morgan fingerprint density at radius 1 is 0.870 bits per heavy atom. The third kappa shape index (κ3) is 2.40. The van der Waals surface area contributed by atoms with E-state index in [1.165, 1.54) is 14.2 Å². The van der Waals surface area contributed by atoms with Crippen molar-refractivity contribution in [1.29, 1.82) is 0 Å². The van der Waals surface area contributed by atoms with Crippen molar-refractivity contribution in [2.75, 3.05) is 14.2 Å². The number of hydrogen-bond acceptors (Lipinski definition) is 4. The molecule has 0 saturated heterocycles. The Morgan fingerprint density at radius 3 is 2.22 bits per heavy atom. The lowest BCUT2D eigenvalue weighted by molar-refractivity contribution is 0.369. The van der Waals surface area contributed by atoms with Gasteiger partial charge in [0.25, 0.3) is 0 Å². The number of aromatic hydroxyl groups is 2. The second kappa shape index (κ2) is 5.68. The van der Waals surface area contributed by atoms with Crippen LogP contribution in [0.4, 0.5) is 4.39 Å². The van der Waals surface area contributed by atoms with Crippen LogP contribution in [0.5, 0.6) is 23.0 Å². The number of benzene rings is 3. The maximum absolute atomic E-state index is 13.9. The van der Waals surface area contributed by atoms with Gasteiger partial charge in [-0.2, -0.15) is 0 Å². The van der Waals surface area contributed by atoms with E-state index in [4.69, 9.17) is 9.47 Å². The first-order valence-corrected chi connectivity index (χ1v) is 6.92. The smallest absolute Gasteiger partial charge is 0.166 e. The van der Waals surface area contributed by atoms with Crippen LogP contribution in [-0.4, -0.2) is 24.4 Å². The van der Waals surface area contributed by atoms with Crippen LogP contribution in [0, 0.1) is 5.82 Å². The second-order valence-corrected chi connectivity index (χ2v) is 5.03. The highest BCUT2D eigenvalue weighted by atomic mass is 19.1. The summed E-state index contributed by atoms with van der Waals surface area (Å²) in [6.45, 7) is 0. The number of hydrogen-bond donors (Lipinski definition) is 2. The molecule has 118 valence electrons. The summed E-state index contributed by atoms with van der Waals surface area (Å²) in [5.41, 5.74) is 0.421. The first-order valence-electron chi connectivity index (χ1n) is 6.92. The minimum atomic E-state index is -0.582. The summed E-state index contributed by atoms with van der Waals surface area (Å²) in [5.74, 6) is -0.773. The molecule has 2 N–H and O–H groups in total. The SMILES string of the molecule is COc1cc(F)cc(-c2c(O)c(OC)cc3ccccc23)c1O. The zero-order valence-electron chi connectivity index (χ0n) is 12.6. The maximum Gasteiger partial charge on any atom is 0.166 e. The standard InChI is InChI=1S/C18H15FO4/c1-22-14-7-10-5-3-4-6-12(10)16(18(14)21)13-8-11(19)9-15(23-2)17(13)20/h3-9,20-21H,1-2H3. The Bertz CT molecular complexity index is 890. The van der Waals surface area contributed by atoms with Gasteiger partial charge in [-0.05, 0) is 22.9 Å². The lowest BCUT2D eigenvalue weighted by atomic mass is 9.95. The van der Waals surface area contributed by atoms with E-state index in [0.717, 1.165) is 17.5 Å². The summed E-state index contributed by atoms with van der Waals surface area (Å²) in [6.07, 6.45) is 0. The molecule has 5 heteroatoms. The third-order valence-electron chi connectivity index (χ3n) is 3.74. The van der Waals surface area contributed by atoms with Gasteiger partial charge in [-0.1, -0.05) is 24.3 Å². The molecule has 3 aromatic carbocycles. The van der Waals surface area contributed by atoms with Gasteiger partial charge in [0.1, 0.15) is 5.82 Å². The number of phenols is 2. The van der Waals surface area contributed by atoms with Crippen molar-refractivity contribution in [2.45, 2.75) is 0 Å². The van der Waals surface area contributed by atoms with Gasteiger partial charge in [0.05, 0.1) is 14.2 Å². The van der Waals surface area contributed by atoms with E-state index in [1.807, 2.05) is 12.1 Å². The van der Waals surface area contributed by atoms with Crippen LogP contribution in [-0.2, 0) is 0 Å². The van der Waals surface area contributed by atoms with E-state index in [-0.39, 0.29) is 34.1 Å². The van der Waals surface area contributed by atoms with Crippen molar-refractivity contribution < 1.29 is 24.1 Å². The molecule has 3 aromatic rings. The van der Waals surface area contributed by atoms with Crippen LogP contribution in [0.3, 0.4) is 0 Å². The molecule has 3 rings (SSSR count). The molecule has 0 heterocycles. The van der Waals surface area contributed by atoms with Crippen LogP contribution in [0.2, 0.25) is 0 Å². The van der Waals surface area contributed by atoms with E-state index >= 15 is 0 Å². The zero-order valence-corrected chi connectivity index (χ0v) is 12.6. The monoisotopic (exact) mass is 314 g/mol. The summed E-state index contributed by atoms with van der Waals surface area (Å²) < 4.78 is 24.1. The van der Waals surface area contributed by atoms with Crippen LogP contribution in [0.15, 0.2) is 42.5 Å². The molecule has 4 nitrogen and oxygen atoms in total. The highest BCUT2D eigenvalue weighted by Crippen LogP contribution is 2.48. The molecule has 23 heavy (non-hydrogen) atoms. The molecule has 0 aliphatic rings. The molecule has 0 bridgehead atoms. The summed E-state index contributed by atoms with van der Waals surface area (Å²) in [7, 11) is 2.77. The Labute approximate surface area is 132 Å². The van der Waals surface area contributed by atoms with E-state index < -0.39 is 5.82 Å². The fourth-order valence-electron chi connectivity index (χ4n) is 2.66. The van der Waals surface area contributed by atoms with Gasteiger partial charge >= 0.3 is 0 Å². The Balaban J connectivity index is 2.45. The van der Waals surface area contributed by atoms with Gasteiger partial charge in [-0.25, -0.2) is 4.39 Å². The van der Waals surface area contributed by atoms with Gasteiger partial charge < -0.3 is 19.7 Å². The number of methoxy groups -OCH3 is 2. The summed E-state index contributed by atoms with van der Waals surface area (Å²) >= 11 is 0. The van der Waals surface area contributed by atoms with Crippen molar-refractivity contribution >= 4 is 10.8 Å². The normalized spacial score (nSPS) is 10.7. The topological polar surface area (TPSA) is 58.9 Å². The molecule has 0 spiro atoms. The molecule has 0 atom stereocenters. The van der Waals surface area contributed by atoms with Crippen LogP contribution in [0.1, 0.15) is 0 Å². The van der Waals surface area contributed by atoms with Crippen molar-refractivity contribution in [3.05, 3.63) is 48.3 Å². The molecule has 0 unspecified atom stereocenters. The summed E-state index contributed by atoms with van der Waals surface area (Å²) in [6, 6.07) is 11.2. The van der Waals surface area contributed by atoms with Gasteiger partial charge in [0.15, 0.2) is 23.0 Å². The van der Waals surface area contributed by atoms with Crippen molar-refractivity contribution in [2.24, 2.45) is 0 Å². The van der Waals surface area contributed by atoms with E-state index in [1.54, 1.807) is 18.2 Å². The lowest BCUT2D eigenvalue weighted by Gasteiger charge is -2.15. The second-order valence-electron chi connectivity index (χ2n) is 5.03. The van der Waals surface area contributed by atoms with E-state index in [9.17, 15) is 14.6 Å². The molecular formula is C18H15FO4. The molecule has 0 aliphatic heterocycles. The predicted molar refractivity (Wildman–Crippen MR) is 85.8 cm³/mol. The summed E-state index contributed by atoms with van der Waals surface area (Å²) in [5, 5.41) is 22.3. The molecule has 0 aromatic heterocycles. The van der Waals surface area contributed by atoms with Gasteiger partial charge in [0, 0.05) is 17.2 Å². The van der Waals surface area contributed by atoms with Gasteiger partial charge in [0.2, 0.25) is 0 Å². The quantitative estimate of drug-likeness (QED) is 0.765. The molecule has 0 radical (unpaired) electrons. The van der Waals surface area contributed by atoms with Crippen LogP contribution in [0.25, 0.3) is 21.9 Å². The van der Waals surface area contributed by atoms with Crippen LogP contribution < -0.4 is 9.47 Å². The van der Waals surface area contributed by atoms with Crippen molar-refractivity contribution in [3.63, 3.8) is 0 Å². The molecule has 0 fully saturated rings. The third-order valence-corrected chi connectivity index (χ3v) is 3.74. The number of rotatable bonds is 3. The van der Waals surface area contributed by atoms with Gasteiger partial charge in [-0.3, -0.25) is 0 Å². The molecule has 0 aliphatic carbocycles. The Morgan fingerprint density at radius 2 is 1.52 bits per heavy atom. The average molecular weight is 314 g/mol. The van der Waals surface area contributed by atoms with Crippen molar-refractivity contribution in [1.82, 2.24) is 0 Å². The number of halogens is 1. The predicted octanol–water partition coefficient (Wildman–Crippen LogP) is 4.07. The van der Waals surface area contributed by atoms with E-state index in [0.29, 0.717) is 5.39 Å². The summed E-state index contributed by atoms with van der Waals surface area (Å²) in [4.78, 5) is 0. The van der Waals surface area contributed by atoms with Crippen molar-refractivity contribution in [3.8, 4) is 34.1 Å². The van der Waals surface area contributed by atoms with E-state index in [2.05, 4.69) is 0 Å². The largest absolute Gasteiger partial charge is 0.504 e. The first kappa shape index (κ1) is 15.0. The highest BCUT2D eigenvalue weighted by molar-refractivity contribution is 6.03. The fraction of sp³-hybridized carbons (Fsp3) is 0.111. The number of phenolic OH excluding ortho intramolecular Hbond substituents is 2. The number of ether oxygens (including phenoxy) is 2. The minimum absolute atomic E-state index is 0.00805. The fourth-order valence-corrected chi connectivity index (χ4v) is 2.66.